The highest BCUT2D eigenvalue weighted by atomic mass is 35.6. The van der Waals surface area contributed by atoms with Crippen molar-refractivity contribution < 1.29 is 31.9 Å². The second kappa shape index (κ2) is 9.34. The molecule has 0 saturated carbocycles. The number of amides is 2. The molecule has 16 heteroatoms. The molecule has 0 spiro atoms. The Bertz CT molecular complexity index is 786. The molecule has 0 aliphatic heterocycles. The first-order valence-corrected chi connectivity index (χ1v) is 10.2. The topological polar surface area (TPSA) is 115 Å². The zero-order valence-electron chi connectivity index (χ0n) is 13.0. The standard InChI is InChI=1S/C11H10Cl6N2O7S/c1-6-2-3-7(26-6)27(22,23)19(9(21)25-5-11(15,16)17)18-8(20)24-4-10(12,13)14/h2-3H,4-5H2,1H3,(H,18,20). The van der Waals surface area contributed by atoms with Gasteiger partial charge in [0.25, 0.3) is 0 Å². The van der Waals surface area contributed by atoms with Gasteiger partial charge >= 0.3 is 22.2 Å². The number of hydrazine groups is 1. The van der Waals surface area contributed by atoms with E-state index >= 15 is 0 Å². The lowest BCUT2D eigenvalue weighted by atomic mass is 10.5. The number of nitrogens with zero attached hydrogens (tertiary/aromatic N) is 1. The van der Waals surface area contributed by atoms with Crippen molar-refractivity contribution in [1.82, 2.24) is 9.84 Å². The van der Waals surface area contributed by atoms with Crippen LogP contribution in [0.5, 0.6) is 0 Å². The van der Waals surface area contributed by atoms with E-state index in [9.17, 15) is 18.0 Å². The second-order valence-electron chi connectivity index (χ2n) is 4.61. The molecule has 0 aromatic carbocycles. The SMILES string of the molecule is Cc1ccc(S(=O)(=O)N(NC(=O)OCC(Cl)(Cl)Cl)C(=O)OCC(Cl)(Cl)Cl)o1. The molecule has 1 heterocycles. The minimum atomic E-state index is -4.74. The number of hydrogen-bond donors (Lipinski definition) is 1. The van der Waals surface area contributed by atoms with Crippen LogP contribution in [0.15, 0.2) is 21.6 Å². The molecule has 1 rings (SSSR count). The predicted molar refractivity (Wildman–Crippen MR) is 98.9 cm³/mol. The van der Waals surface area contributed by atoms with Crippen molar-refractivity contribution in [3.63, 3.8) is 0 Å². The first kappa shape index (κ1) is 24.5. The van der Waals surface area contributed by atoms with Gasteiger partial charge in [0, 0.05) is 0 Å². The summed E-state index contributed by atoms with van der Waals surface area (Å²) in [5.74, 6) is 0.210. The molecule has 0 bridgehead atoms. The van der Waals surface area contributed by atoms with Crippen LogP contribution in [-0.2, 0) is 19.5 Å². The van der Waals surface area contributed by atoms with E-state index in [0.717, 1.165) is 6.07 Å². The van der Waals surface area contributed by atoms with Crippen LogP contribution in [0.1, 0.15) is 5.76 Å². The third-order valence-electron chi connectivity index (χ3n) is 2.30. The Labute approximate surface area is 183 Å². The van der Waals surface area contributed by atoms with Gasteiger partial charge < -0.3 is 13.9 Å². The lowest BCUT2D eigenvalue weighted by Gasteiger charge is -2.22. The Morgan fingerprint density at radius 1 is 1.07 bits per heavy atom. The van der Waals surface area contributed by atoms with Crippen LogP contribution in [0.3, 0.4) is 0 Å². The first-order chi connectivity index (χ1) is 12.1. The number of furan rings is 1. The maximum Gasteiger partial charge on any atom is 0.443 e. The molecule has 0 radical (unpaired) electrons. The number of alkyl halides is 6. The molecule has 0 fully saturated rings. The van der Waals surface area contributed by atoms with Crippen molar-refractivity contribution in [2.45, 2.75) is 19.6 Å². The zero-order chi connectivity index (χ0) is 21.0. The Morgan fingerprint density at radius 2 is 1.59 bits per heavy atom. The van der Waals surface area contributed by atoms with Crippen molar-refractivity contribution in [2.24, 2.45) is 0 Å². The van der Waals surface area contributed by atoms with Crippen molar-refractivity contribution in [3.8, 4) is 0 Å². The molecule has 9 nitrogen and oxygen atoms in total. The van der Waals surface area contributed by atoms with Crippen LogP contribution in [0, 0.1) is 6.92 Å². The first-order valence-electron chi connectivity index (χ1n) is 6.47. The van der Waals surface area contributed by atoms with Gasteiger partial charge in [0.15, 0.2) is 0 Å². The summed E-state index contributed by atoms with van der Waals surface area (Å²) in [6.45, 7) is -0.127. The highest BCUT2D eigenvalue weighted by Crippen LogP contribution is 2.27. The minimum Gasteiger partial charge on any atom is -0.448 e. The smallest absolute Gasteiger partial charge is 0.443 e. The summed E-state index contributed by atoms with van der Waals surface area (Å²) < 4.78 is 34.8. The number of carbonyl (C=O) groups is 2. The molecule has 0 aliphatic rings. The summed E-state index contributed by atoms with van der Waals surface area (Å²) in [4.78, 5) is 23.9. The molecule has 27 heavy (non-hydrogen) atoms. The number of aryl methyl sites for hydroxylation is 1. The van der Waals surface area contributed by atoms with E-state index in [1.807, 2.05) is 0 Å². The molecule has 0 atom stereocenters. The van der Waals surface area contributed by atoms with Crippen molar-refractivity contribution >= 4 is 91.8 Å². The number of nitrogens with one attached hydrogen (secondary N) is 1. The second-order valence-corrected chi connectivity index (χ2v) is 11.4. The molecule has 1 aromatic rings. The van der Waals surface area contributed by atoms with Gasteiger partial charge in [-0.3, -0.25) is 0 Å². The van der Waals surface area contributed by atoms with Gasteiger partial charge in [0.1, 0.15) is 19.0 Å². The molecular weight excluding hydrogens is 517 g/mol. The monoisotopic (exact) mass is 524 g/mol. The summed E-state index contributed by atoms with van der Waals surface area (Å²) in [6.07, 6.45) is -3.08. The van der Waals surface area contributed by atoms with E-state index < -0.39 is 48.1 Å². The van der Waals surface area contributed by atoms with Crippen LogP contribution in [0.25, 0.3) is 0 Å². The average Bonchev–Trinajstić information content (AvgIpc) is 2.94. The van der Waals surface area contributed by atoms with E-state index in [-0.39, 0.29) is 10.2 Å². The Balaban J connectivity index is 3.05. The predicted octanol–water partition coefficient (Wildman–Crippen LogP) is 4.10. The van der Waals surface area contributed by atoms with Crippen LogP contribution < -0.4 is 5.43 Å². The van der Waals surface area contributed by atoms with Gasteiger partial charge in [-0.1, -0.05) is 74.0 Å². The molecule has 0 unspecified atom stereocenters. The van der Waals surface area contributed by atoms with Crippen molar-refractivity contribution in [1.29, 1.82) is 0 Å². The fourth-order valence-electron chi connectivity index (χ4n) is 1.31. The number of rotatable bonds is 4. The van der Waals surface area contributed by atoms with E-state index in [2.05, 4.69) is 9.47 Å². The van der Waals surface area contributed by atoms with Gasteiger partial charge in [-0.15, -0.1) is 0 Å². The molecule has 0 saturated heterocycles. The fraction of sp³-hybridized carbons (Fsp3) is 0.455. The molecule has 0 aliphatic carbocycles. The molecular formula is C11H10Cl6N2O7S. The maximum absolute atomic E-state index is 12.5. The Hall–Kier alpha value is -0.490. The molecule has 1 aromatic heterocycles. The highest BCUT2D eigenvalue weighted by molar-refractivity contribution is 7.89. The quantitative estimate of drug-likeness (QED) is 0.464. The van der Waals surface area contributed by atoms with Gasteiger partial charge in [-0.2, -0.15) is 8.42 Å². The van der Waals surface area contributed by atoms with E-state index in [1.165, 1.54) is 13.0 Å². The summed E-state index contributed by atoms with van der Waals surface area (Å²) in [5.41, 5.74) is 1.62. The maximum atomic E-state index is 12.5. The molecule has 154 valence electrons. The third-order valence-corrected chi connectivity index (χ3v) is 4.40. The van der Waals surface area contributed by atoms with E-state index in [0.29, 0.717) is 0 Å². The minimum absolute atomic E-state index is 0.210. The summed E-state index contributed by atoms with van der Waals surface area (Å²) in [5, 5.41) is -0.687. The van der Waals surface area contributed by atoms with Crippen LogP contribution in [0.4, 0.5) is 9.59 Å². The van der Waals surface area contributed by atoms with Crippen molar-refractivity contribution in [3.05, 3.63) is 17.9 Å². The fourth-order valence-corrected chi connectivity index (χ4v) is 2.74. The number of ether oxygens (including phenoxy) is 2. The van der Waals surface area contributed by atoms with E-state index in [4.69, 9.17) is 74.0 Å². The average molecular weight is 527 g/mol. The van der Waals surface area contributed by atoms with E-state index in [1.54, 1.807) is 5.43 Å². The number of halogens is 6. The lowest BCUT2D eigenvalue weighted by Crippen LogP contribution is -2.50. The normalized spacial score (nSPS) is 12.4. The summed E-state index contributed by atoms with van der Waals surface area (Å²) in [7, 11) is -4.74. The van der Waals surface area contributed by atoms with Gasteiger partial charge in [-0.25, -0.2) is 15.0 Å². The van der Waals surface area contributed by atoms with Gasteiger partial charge in [0.05, 0.1) is 0 Å². The number of hydrogen-bond acceptors (Lipinski definition) is 7. The van der Waals surface area contributed by atoms with Gasteiger partial charge in [0.2, 0.25) is 12.7 Å². The molecule has 1 N–H and O–H groups in total. The molecule has 2 amide bonds. The third kappa shape index (κ3) is 8.59. The van der Waals surface area contributed by atoms with Crippen LogP contribution >= 0.6 is 69.6 Å². The Kier molecular flexibility index (Phi) is 8.49. The summed E-state index contributed by atoms with van der Waals surface area (Å²) in [6, 6.07) is 2.34. The Morgan fingerprint density at radius 3 is 2.04 bits per heavy atom. The van der Waals surface area contributed by atoms with Crippen molar-refractivity contribution in [2.75, 3.05) is 13.2 Å². The number of carbonyl (C=O) groups excluding carboxylic acids is 2. The lowest BCUT2D eigenvalue weighted by molar-refractivity contribution is 0.0992. The van der Waals surface area contributed by atoms with Crippen LogP contribution in [-0.4, -0.2) is 45.8 Å². The summed E-state index contributed by atoms with van der Waals surface area (Å²) >= 11 is 32.5. The van der Waals surface area contributed by atoms with Gasteiger partial charge in [-0.05, 0) is 19.1 Å². The van der Waals surface area contributed by atoms with Crippen LogP contribution in [0.2, 0.25) is 0 Å². The zero-order valence-corrected chi connectivity index (χ0v) is 18.4. The highest BCUT2D eigenvalue weighted by Gasteiger charge is 2.37. The largest absolute Gasteiger partial charge is 0.448 e. The number of sulfonamides is 1.